The molecule has 0 aromatic heterocycles. The van der Waals surface area contributed by atoms with Crippen LogP contribution in [0.15, 0.2) is 30.3 Å². The number of imide groups is 1. The molecule has 13 heteroatoms. The van der Waals surface area contributed by atoms with Crippen LogP contribution in [0.1, 0.15) is 18.4 Å². The van der Waals surface area contributed by atoms with Gasteiger partial charge in [0, 0.05) is 11.8 Å². The lowest BCUT2D eigenvalue weighted by Gasteiger charge is -2.27. The minimum Gasteiger partial charge on any atom is -0.481 e. The summed E-state index contributed by atoms with van der Waals surface area (Å²) in [5, 5.41) is 36.7. The quantitative estimate of drug-likeness (QED) is 0.135. The number of nitrogens with two attached hydrogens (primary N) is 2. The highest BCUT2D eigenvalue weighted by molar-refractivity contribution is 6.08. The highest BCUT2D eigenvalue weighted by Gasteiger charge is 2.38. The van der Waals surface area contributed by atoms with Gasteiger partial charge in [0.15, 0.2) is 5.96 Å². The van der Waals surface area contributed by atoms with Crippen molar-refractivity contribution in [1.82, 2.24) is 4.90 Å². The molecule has 0 aliphatic carbocycles. The zero-order valence-electron chi connectivity index (χ0n) is 16.0. The fourth-order valence-corrected chi connectivity index (χ4v) is 2.41. The molecular formula is C18H21N5O8. The molecule has 0 saturated heterocycles. The van der Waals surface area contributed by atoms with Crippen LogP contribution in [0, 0.1) is 5.41 Å². The number of guanidine groups is 1. The van der Waals surface area contributed by atoms with Gasteiger partial charge in [0.1, 0.15) is 6.04 Å². The van der Waals surface area contributed by atoms with E-state index in [1.807, 2.05) is 0 Å². The molecular weight excluding hydrogens is 414 g/mol. The Bertz CT molecular complexity index is 912. The van der Waals surface area contributed by atoms with E-state index in [1.54, 1.807) is 0 Å². The number of anilines is 1. The molecule has 9 N–H and O–H groups in total. The Morgan fingerprint density at radius 3 is 2.03 bits per heavy atom. The summed E-state index contributed by atoms with van der Waals surface area (Å²) >= 11 is 0. The first-order valence-corrected chi connectivity index (χ1v) is 8.60. The van der Waals surface area contributed by atoms with Crippen LogP contribution in [0.2, 0.25) is 0 Å². The Morgan fingerprint density at radius 2 is 1.58 bits per heavy atom. The minimum atomic E-state index is -2.09. The summed E-state index contributed by atoms with van der Waals surface area (Å²) < 4.78 is 0. The number of carboxylic acid groups (broad SMARTS) is 3. The Balaban J connectivity index is 3.19. The molecule has 13 nitrogen and oxygen atoms in total. The number of carbonyl (C=O) groups excluding carboxylic acids is 2. The number of amides is 2. The number of carbonyl (C=O) groups is 5. The van der Waals surface area contributed by atoms with Crippen LogP contribution in [0.3, 0.4) is 0 Å². The predicted molar refractivity (Wildman–Crippen MR) is 107 cm³/mol. The normalized spacial score (nSPS) is 12.5. The number of nitrogens with zero attached hydrogens (tertiary/aromatic N) is 1. The van der Waals surface area contributed by atoms with Crippen molar-refractivity contribution in [3.05, 3.63) is 35.9 Å². The molecule has 0 radical (unpaired) electrons. The van der Waals surface area contributed by atoms with Crippen molar-refractivity contribution in [3.8, 4) is 0 Å². The summed E-state index contributed by atoms with van der Waals surface area (Å²) in [6.07, 6.45) is 0.0569. The predicted octanol–water partition coefficient (Wildman–Crippen LogP) is -0.910. The van der Waals surface area contributed by atoms with Crippen molar-refractivity contribution in [1.29, 1.82) is 5.41 Å². The number of benzene rings is 1. The van der Waals surface area contributed by atoms with Crippen molar-refractivity contribution in [3.63, 3.8) is 0 Å². The lowest BCUT2D eigenvalue weighted by molar-refractivity contribution is -0.160. The maximum absolute atomic E-state index is 12.6. The number of aliphatic carboxylic acids is 3. The molecule has 0 spiro atoms. The molecule has 166 valence electrons. The van der Waals surface area contributed by atoms with Gasteiger partial charge in [-0.15, -0.1) is 0 Å². The lowest BCUT2D eigenvalue weighted by Crippen LogP contribution is -2.54. The first kappa shape index (κ1) is 24.8. The van der Waals surface area contributed by atoms with Crippen molar-refractivity contribution < 1.29 is 39.3 Å². The van der Waals surface area contributed by atoms with E-state index >= 15 is 0 Å². The highest BCUT2D eigenvalue weighted by atomic mass is 16.4. The molecule has 1 rings (SSSR count). The summed E-state index contributed by atoms with van der Waals surface area (Å²) in [5.41, 5.74) is 11.6. The molecule has 0 bridgehead atoms. The van der Waals surface area contributed by atoms with E-state index in [0.29, 0.717) is 11.3 Å². The van der Waals surface area contributed by atoms with Crippen LogP contribution in [-0.4, -0.2) is 68.0 Å². The molecule has 1 aromatic carbocycles. The average molecular weight is 435 g/mol. The number of nitrogens with one attached hydrogen (secondary N) is 2. The van der Waals surface area contributed by atoms with Crippen molar-refractivity contribution in [2.24, 2.45) is 11.5 Å². The maximum atomic E-state index is 12.6. The van der Waals surface area contributed by atoms with Crippen LogP contribution in [0.4, 0.5) is 5.69 Å². The van der Waals surface area contributed by atoms with E-state index in [2.05, 4.69) is 5.32 Å². The largest absolute Gasteiger partial charge is 0.481 e. The van der Waals surface area contributed by atoms with Gasteiger partial charge in [0.2, 0.25) is 5.91 Å². The summed E-state index contributed by atoms with van der Waals surface area (Å²) in [7, 11) is 0. The van der Waals surface area contributed by atoms with Gasteiger partial charge in [-0.05, 0) is 23.8 Å². The molecule has 31 heavy (non-hydrogen) atoms. The first-order valence-electron chi connectivity index (χ1n) is 8.60. The van der Waals surface area contributed by atoms with E-state index < -0.39 is 54.6 Å². The molecule has 0 fully saturated rings. The Kier molecular flexibility index (Phi) is 8.84. The second-order valence-corrected chi connectivity index (χ2v) is 6.20. The van der Waals surface area contributed by atoms with Gasteiger partial charge < -0.3 is 32.1 Å². The van der Waals surface area contributed by atoms with Crippen molar-refractivity contribution in [2.75, 3.05) is 5.32 Å². The zero-order chi connectivity index (χ0) is 23.7. The molecule has 0 unspecified atom stereocenters. The summed E-state index contributed by atoms with van der Waals surface area (Å²) in [4.78, 5) is 58.5. The summed E-state index contributed by atoms with van der Waals surface area (Å²) in [5.74, 6) is -7.66. The molecule has 0 aliphatic heterocycles. The van der Waals surface area contributed by atoms with Gasteiger partial charge in [0.05, 0.1) is 18.9 Å². The number of carboxylic acids is 3. The molecule has 2 amide bonds. The van der Waals surface area contributed by atoms with Crippen LogP contribution >= 0.6 is 0 Å². The fraction of sp³-hybridized carbons (Fsp3) is 0.222. The van der Waals surface area contributed by atoms with Crippen LogP contribution in [0.25, 0.3) is 6.08 Å². The second kappa shape index (κ2) is 11.1. The summed E-state index contributed by atoms with van der Waals surface area (Å²) in [6, 6.07) is 2.24. The van der Waals surface area contributed by atoms with Gasteiger partial charge in [-0.3, -0.25) is 29.5 Å². The monoisotopic (exact) mass is 435 g/mol. The number of hydrogen-bond donors (Lipinski definition) is 7. The Morgan fingerprint density at radius 1 is 1.03 bits per heavy atom. The smallest absolute Gasteiger partial charge is 0.327 e. The van der Waals surface area contributed by atoms with E-state index in [4.69, 9.17) is 27.1 Å². The molecule has 0 heterocycles. The molecule has 0 saturated carbocycles. The van der Waals surface area contributed by atoms with E-state index in [-0.39, 0.29) is 10.9 Å². The maximum Gasteiger partial charge on any atom is 0.327 e. The van der Waals surface area contributed by atoms with Gasteiger partial charge in [-0.2, -0.15) is 0 Å². The SMILES string of the molecule is N=C(N)Nc1ccc(C=CC(=O)N(C(=O)[C@@H](N)CC(=O)O)[C@@H](CC(=O)O)C(=O)O)cc1. The second-order valence-electron chi connectivity index (χ2n) is 6.20. The Labute approximate surface area is 175 Å². The van der Waals surface area contributed by atoms with E-state index in [0.717, 1.165) is 6.08 Å². The van der Waals surface area contributed by atoms with Crippen molar-refractivity contribution in [2.45, 2.75) is 24.9 Å². The van der Waals surface area contributed by atoms with Crippen molar-refractivity contribution >= 4 is 47.4 Å². The molecule has 0 aliphatic rings. The third-order valence-corrected chi connectivity index (χ3v) is 3.76. The van der Waals surface area contributed by atoms with Gasteiger partial charge in [-0.25, -0.2) is 4.79 Å². The van der Waals surface area contributed by atoms with Gasteiger partial charge in [0.25, 0.3) is 5.91 Å². The Hall–Kier alpha value is -4.26. The van der Waals surface area contributed by atoms with Gasteiger partial charge >= 0.3 is 17.9 Å². The van der Waals surface area contributed by atoms with Gasteiger partial charge in [-0.1, -0.05) is 12.1 Å². The fourth-order valence-electron chi connectivity index (χ4n) is 2.41. The lowest BCUT2D eigenvalue weighted by atomic mass is 10.1. The third-order valence-electron chi connectivity index (χ3n) is 3.76. The van der Waals surface area contributed by atoms with Crippen LogP contribution in [0.5, 0.6) is 0 Å². The number of hydrogen-bond acceptors (Lipinski definition) is 7. The van der Waals surface area contributed by atoms with E-state index in [1.165, 1.54) is 30.3 Å². The average Bonchev–Trinajstić information content (AvgIpc) is 2.65. The number of rotatable bonds is 10. The van der Waals surface area contributed by atoms with E-state index in [9.17, 15) is 29.1 Å². The minimum absolute atomic E-state index is 0.131. The third kappa shape index (κ3) is 7.94. The standard InChI is InChI=1S/C18H21N5O8/c19-11(7-14(25)26)16(29)23(12(17(30)31)8-15(27)28)13(24)6-3-9-1-4-10(5-2-9)22-18(20)21/h1-6,11-12H,7-8,19H2,(H,25,26)(H,27,28)(H,30,31)(H4,20,21,22)/t11-,12-/m0/s1. The molecule has 1 aromatic rings. The zero-order valence-corrected chi connectivity index (χ0v) is 16.0. The van der Waals surface area contributed by atoms with Crippen LogP contribution < -0.4 is 16.8 Å². The molecule has 2 atom stereocenters. The topological polar surface area (TPSA) is 237 Å². The summed E-state index contributed by atoms with van der Waals surface area (Å²) in [6.45, 7) is 0. The highest BCUT2D eigenvalue weighted by Crippen LogP contribution is 2.14. The first-order chi connectivity index (χ1) is 14.4. The van der Waals surface area contributed by atoms with Crippen LogP contribution in [-0.2, 0) is 24.0 Å².